The Balaban J connectivity index is 2.99. The lowest BCUT2D eigenvalue weighted by molar-refractivity contribution is -0.139. The van der Waals surface area contributed by atoms with Crippen molar-refractivity contribution in [3.8, 4) is 0 Å². The molecule has 0 saturated carbocycles. The van der Waals surface area contributed by atoms with E-state index in [1.54, 1.807) is 0 Å². The van der Waals surface area contributed by atoms with Gasteiger partial charge in [0.15, 0.2) is 0 Å². The first-order valence-electron chi connectivity index (χ1n) is 1.52. The lowest BCUT2D eigenvalue weighted by atomic mass is 10.7. The summed E-state index contributed by atoms with van der Waals surface area (Å²) >= 11 is 0. The Bertz CT molecular complexity index is 46.8. The molecule has 0 spiro atoms. The van der Waals surface area contributed by atoms with Gasteiger partial charge in [0, 0.05) is 0 Å². The third-order valence-electron chi connectivity index (χ3n) is 0.372. The molecule has 0 aromatic rings. The molecular formula is C3H6NO2. The predicted molar refractivity (Wildman–Crippen MR) is 20.0 cm³/mol. The van der Waals surface area contributed by atoms with Gasteiger partial charge in [-0.25, -0.2) is 5.73 Å². The summed E-state index contributed by atoms with van der Waals surface area (Å²) in [5, 5.41) is 0. The maximum absolute atomic E-state index is 9.77. The van der Waals surface area contributed by atoms with Gasteiger partial charge in [-0.1, -0.05) is 0 Å². The first kappa shape index (κ1) is 5.43. The van der Waals surface area contributed by atoms with Crippen molar-refractivity contribution in [3.63, 3.8) is 0 Å². The van der Waals surface area contributed by atoms with Crippen LogP contribution in [0.25, 0.3) is 0 Å². The van der Waals surface area contributed by atoms with Gasteiger partial charge in [0.25, 0.3) is 0 Å². The third kappa shape index (κ3) is 1.72. The highest BCUT2D eigenvalue weighted by Crippen LogP contribution is 1.62. The molecule has 0 fully saturated rings. The molecule has 0 aliphatic heterocycles. The maximum atomic E-state index is 9.77. The van der Waals surface area contributed by atoms with Crippen molar-refractivity contribution < 1.29 is 9.53 Å². The Morgan fingerprint density at radius 3 is 2.50 bits per heavy atom. The first-order valence-corrected chi connectivity index (χ1v) is 1.52. The second kappa shape index (κ2) is 2.66. The van der Waals surface area contributed by atoms with Gasteiger partial charge in [-0.2, -0.15) is 0 Å². The zero-order valence-corrected chi connectivity index (χ0v) is 3.52. The number of carbonyl (C=O) groups excluding carboxylic acids is 1. The SMILES string of the molecule is COC(=O)C[NH]. The minimum atomic E-state index is -0.491. The van der Waals surface area contributed by atoms with Crippen LogP contribution in [-0.2, 0) is 9.53 Å². The average molecular weight is 88.1 g/mol. The molecule has 0 aliphatic carbocycles. The lowest BCUT2D eigenvalue weighted by Crippen LogP contribution is -2.05. The molecule has 0 aromatic carbocycles. The minimum Gasteiger partial charge on any atom is -0.468 e. The highest BCUT2D eigenvalue weighted by molar-refractivity contribution is 5.70. The van der Waals surface area contributed by atoms with Gasteiger partial charge in [-0.05, 0) is 0 Å². The number of ether oxygens (including phenoxy) is 1. The smallest absolute Gasteiger partial charge is 0.321 e. The molecule has 0 bridgehead atoms. The molecule has 0 atom stereocenters. The summed E-state index contributed by atoms with van der Waals surface area (Å²) in [4.78, 5) is 9.77. The van der Waals surface area contributed by atoms with E-state index in [-0.39, 0.29) is 6.54 Å². The summed E-state index contributed by atoms with van der Waals surface area (Å²) in [6.45, 7) is -0.281. The molecule has 3 heteroatoms. The van der Waals surface area contributed by atoms with E-state index in [2.05, 4.69) is 4.74 Å². The van der Waals surface area contributed by atoms with Gasteiger partial charge >= 0.3 is 5.97 Å². The maximum Gasteiger partial charge on any atom is 0.321 e. The van der Waals surface area contributed by atoms with Crippen LogP contribution in [0.4, 0.5) is 0 Å². The summed E-state index contributed by atoms with van der Waals surface area (Å²) in [6.07, 6.45) is 0. The topological polar surface area (TPSA) is 50.1 Å². The Morgan fingerprint density at radius 2 is 2.50 bits per heavy atom. The van der Waals surface area contributed by atoms with Crippen LogP contribution in [0.2, 0.25) is 0 Å². The van der Waals surface area contributed by atoms with Crippen molar-refractivity contribution in [2.24, 2.45) is 0 Å². The van der Waals surface area contributed by atoms with Gasteiger partial charge in [0.05, 0.1) is 7.11 Å². The van der Waals surface area contributed by atoms with E-state index >= 15 is 0 Å². The second-order valence-electron chi connectivity index (χ2n) is 0.753. The summed E-state index contributed by atoms with van der Waals surface area (Å²) in [5.74, 6) is -0.491. The van der Waals surface area contributed by atoms with Gasteiger partial charge in [0.1, 0.15) is 6.54 Å². The zero-order chi connectivity index (χ0) is 4.99. The van der Waals surface area contributed by atoms with Crippen LogP contribution in [0.15, 0.2) is 0 Å². The van der Waals surface area contributed by atoms with Crippen LogP contribution in [-0.4, -0.2) is 19.6 Å². The molecule has 0 aliphatic rings. The van der Waals surface area contributed by atoms with Gasteiger partial charge in [-0.3, -0.25) is 4.79 Å². The summed E-state index contributed by atoms with van der Waals surface area (Å²) in [6, 6.07) is 0. The molecule has 0 rings (SSSR count). The number of esters is 1. The van der Waals surface area contributed by atoms with Gasteiger partial charge in [0.2, 0.25) is 0 Å². The van der Waals surface area contributed by atoms with Crippen LogP contribution >= 0.6 is 0 Å². The van der Waals surface area contributed by atoms with E-state index < -0.39 is 5.97 Å². The Labute approximate surface area is 36.1 Å². The van der Waals surface area contributed by atoms with Crippen LogP contribution in [0.3, 0.4) is 0 Å². The molecule has 35 valence electrons. The van der Waals surface area contributed by atoms with E-state index in [1.165, 1.54) is 7.11 Å². The normalized spacial score (nSPS) is 7.67. The van der Waals surface area contributed by atoms with Gasteiger partial charge < -0.3 is 4.74 Å². The minimum absolute atomic E-state index is 0.281. The van der Waals surface area contributed by atoms with Crippen molar-refractivity contribution in [2.75, 3.05) is 13.7 Å². The van der Waals surface area contributed by atoms with E-state index in [4.69, 9.17) is 5.73 Å². The second-order valence-corrected chi connectivity index (χ2v) is 0.753. The number of nitrogens with one attached hydrogen (secondary N) is 1. The molecule has 1 radical (unpaired) electrons. The fourth-order valence-electron chi connectivity index (χ4n) is 0.0722. The first-order chi connectivity index (χ1) is 2.81. The van der Waals surface area contributed by atoms with Crippen molar-refractivity contribution in [3.05, 3.63) is 0 Å². The van der Waals surface area contributed by atoms with E-state index in [0.717, 1.165) is 0 Å². The summed E-state index contributed by atoms with van der Waals surface area (Å²) in [5.41, 5.74) is 6.33. The average Bonchev–Trinajstić information content (AvgIpc) is 1.65. The molecule has 0 saturated heterocycles. The zero-order valence-electron chi connectivity index (χ0n) is 3.52. The van der Waals surface area contributed by atoms with Crippen molar-refractivity contribution in [1.29, 1.82) is 0 Å². The quantitative estimate of drug-likeness (QED) is 0.403. The van der Waals surface area contributed by atoms with Crippen LogP contribution in [0, 0.1) is 0 Å². The molecule has 1 N–H and O–H groups in total. The van der Waals surface area contributed by atoms with Gasteiger partial charge in [-0.15, -0.1) is 0 Å². The predicted octanol–water partition coefficient (Wildman–Crippen LogP) is -0.558. The highest BCUT2D eigenvalue weighted by atomic mass is 16.5. The Hall–Kier alpha value is -0.570. The number of carbonyl (C=O) groups is 1. The fraction of sp³-hybridized carbons (Fsp3) is 0.667. The standard InChI is InChI=1S/C3H6NO2/c1-6-3(5)2-4/h4H,2H2,1H3. The largest absolute Gasteiger partial charge is 0.468 e. The third-order valence-corrected chi connectivity index (χ3v) is 0.372. The van der Waals surface area contributed by atoms with Crippen LogP contribution < -0.4 is 5.73 Å². The Morgan fingerprint density at radius 1 is 2.00 bits per heavy atom. The number of hydrogen-bond donors (Lipinski definition) is 0. The monoisotopic (exact) mass is 88.0 g/mol. The molecule has 0 unspecified atom stereocenters. The lowest BCUT2D eigenvalue weighted by Gasteiger charge is -1.86. The summed E-state index contributed by atoms with van der Waals surface area (Å²) in [7, 11) is 1.26. The van der Waals surface area contributed by atoms with Crippen molar-refractivity contribution >= 4 is 5.97 Å². The Kier molecular flexibility index (Phi) is 2.40. The fourth-order valence-corrected chi connectivity index (χ4v) is 0.0722. The molecule has 0 aromatic heterocycles. The molecule has 0 heterocycles. The van der Waals surface area contributed by atoms with E-state index in [9.17, 15) is 4.79 Å². The summed E-state index contributed by atoms with van der Waals surface area (Å²) < 4.78 is 4.07. The van der Waals surface area contributed by atoms with E-state index in [0.29, 0.717) is 0 Å². The number of methoxy groups -OCH3 is 1. The van der Waals surface area contributed by atoms with Crippen LogP contribution in [0.1, 0.15) is 0 Å². The van der Waals surface area contributed by atoms with Crippen molar-refractivity contribution in [1.82, 2.24) is 5.73 Å². The highest BCUT2D eigenvalue weighted by Gasteiger charge is 1.88. The molecule has 3 nitrogen and oxygen atoms in total. The van der Waals surface area contributed by atoms with Crippen molar-refractivity contribution in [2.45, 2.75) is 0 Å². The number of hydrogen-bond acceptors (Lipinski definition) is 2. The molecule has 6 heavy (non-hydrogen) atoms. The van der Waals surface area contributed by atoms with Crippen LogP contribution in [0.5, 0.6) is 0 Å². The molecular weight excluding hydrogens is 82.0 g/mol. The number of rotatable bonds is 1. The molecule has 0 amide bonds. The van der Waals surface area contributed by atoms with E-state index in [1.807, 2.05) is 0 Å².